The minimum absolute atomic E-state index is 0.152. The molecule has 104 valence electrons. The average Bonchev–Trinajstić information content (AvgIpc) is 2.45. The SMILES string of the molecule is CCOC(C(=O)c1c(C)ccnc1N)c1ccccc1. The van der Waals surface area contributed by atoms with Gasteiger partial charge in [0.1, 0.15) is 11.9 Å². The molecule has 0 aliphatic heterocycles. The predicted molar refractivity (Wildman–Crippen MR) is 78.5 cm³/mol. The molecule has 0 saturated carbocycles. The van der Waals surface area contributed by atoms with Gasteiger partial charge in [-0.25, -0.2) is 4.98 Å². The molecule has 0 fully saturated rings. The molecule has 1 heterocycles. The van der Waals surface area contributed by atoms with Crippen molar-refractivity contribution >= 4 is 11.6 Å². The fourth-order valence-corrected chi connectivity index (χ4v) is 2.15. The highest BCUT2D eigenvalue weighted by Gasteiger charge is 2.25. The smallest absolute Gasteiger partial charge is 0.200 e. The van der Waals surface area contributed by atoms with Crippen molar-refractivity contribution in [2.75, 3.05) is 12.3 Å². The standard InChI is InChI=1S/C16H18N2O2/c1-3-20-15(12-7-5-4-6-8-12)14(19)13-11(2)9-10-18-16(13)17/h4-10,15H,3H2,1-2H3,(H2,17,18). The highest BCUT2D eigenvalue weighted by atomic mass is 16.5. The van der Waals surface area contributed by atoms with E-state index >= 15 is 0 Å². The Labute approximate surface area is 118 Å². The summed E-state index contributed by atoms with van der Waals surface area (Å²) >= 11 is 0. The highest BCUT2D eigenvalue weighted by molar-refractivity contribution is 6.04. The Morgan fingerprint density at radius 1 is 1.30 bits per heavy atom. The number of carbonyl (C=O) groups excluding carboxylic acids is 1. The second kappa shape index (κ2) is 6.30. The van der Waals surface area contributed by atoms with Gasteiger partial charge in [-0.1, -0.05) is 30.3 Å². The number of Topliss-reactive ketones (excluding diaryl/α,β-unsaturated/α-hetero) is 1. The van der Waals surface area contributed by atoms with Gasteiger partial charge in [-0.2, -0.15) is 0 Å². The lowest BCUT2D eigenvalue weighted by atomic mass is 9.97. The zero-order valence-corrected chi connectivity index (χ0v) is 11.7. The van der Waals surface area contributed by atoms with Crippen molar-refractivity contribution in [3.8, 4) is 0 Å². The molecule has 20 heavy (non-hydrogen) atoms. The van der Waals surface area contributed by atoms with Crippen molar-refractivity contribution in [1.29, 1.82) is 0 Å². The summed E-state index contributed by atoms with van der Waals surface area (Å²) < 4.78 is 5.62. The second-order valence-corrected chi connectivity index (χ2v) is 4.50. The summed E-state index contributed by atoms with van der Waals surface area (Å²) in [7, 11) is 0. The van der Waals surface area contributed by atoms with Crippen LogP contribution in [0.4, 0.5) is 5.82 Å². The van der Waals surface area contributed by atoms with Crippen molar-refractivity contribution in [3.63, 3.8) is 0 Å². The van der Waals surface area contributed by atoms with Crippen LogP contribution in [0.2, 0.25) is 0 Å². The fourth-order valence-electron chi connectivity index (χ4n) is 2.15. The van der Waals surface area contributed by atoms with E-state index in [0.717, 1.165) is 11.1 Å². The van der Waals surface area contributed by atoms with E-state index in [0.29, 0.717) is 12.2 Å². The summed E-state index contributed by atoms with van der Waals surface area (Å²) in [5, 5.41) is 0. The summed E-state index contributed by atoms with van der Waals surface area (Å²) in [4.78, 5) is 16.7. The third-order valence-corrected chi connectivity index (χ3v) is 3.11. The molecular formula is C16H18N2O2. The van der Waals surface area contributed by atoms with E-state index in [1.807, 2.05) is 44.2 Å². The number of nitrogen functional groups attached to an aromatic ring is 1. The van der Waals surface area contributed by atoms with E-state index in [2.05, 4.69) is 4.98 Å². The summed E-state index contributed by atoms with van der Waals surface area (Å²) in [6.07, 6.45) is 0.950. The summed E-state index contributed by atoms with van der Waals surface area (Å²) in [6, 6.07) is 11.2. The Kier molecular flexibility index (Phi) is 4.48. The molecular weight excluding hydrogens is 252 g/mol. The second-order valence-electron chi connectivity index (χ2n) is 4.50. The number of anilines is 1. The van der Waals surface area contributed by atoms with Gasteiger partial charge in [-0.3, -0.25) is 4.79 Å². The first-order valence-electron chi connectivity index (χ1n) is 6.57. The molecule has 1 aromatic heterocycles. The number of carbonyl (C=O) groups is 1. The van der Waals surface area contributed by atoms with Crippen molar-refractivity contribution in [2.45, 2.75) is 20.0 Å². The normalized spacial score (nSPS) is 12.1. The first-order valence-corrected chi connectivity index (χ1v) is 6.57. The van der Waals surface area contributed by atoms with Crippen molar-refractivity contribution < 1.29 is 9.53 Å². The zero-order chi connectivity index (χ0) is 14.5. The highest BCUT2D eigenvalue weighted by Crippen LogP contribution is 2.26. The number of pyridine rings is 1. The van der Waals surface area contributed by atoms with Crippen molar-refractivity contribution in [2.24, 2.45) is 0 Å². The predicted octanol–water partition coefficient (Wildman–Crippen LogP) is 2.93. The third kappa shape index (κ3) is 2.86. The maximum Gasteiger partial charge on any atom is 0.200 e. The molecule has 1 aromatic carbocycles. The largest absolute Gasteiger partial charge is 0.383 e. The number of hydrogen-bond donors (Lipinski definition) is 1. The quantitative estimate of drug-likeness (QED) is 0.848. The van der Waals surface area contributed by atoms with Gasteiger partial charge in [0.05, 0.1) is 5.56 Å². The number of nitrogens with two attached hydrogens (primary N) is 1. The van der Waals surface area contributed by atoms with Crippen LogP contribution in [0.1, 0.15) is 34.5 Å². The van der Waals surface area contributed by atoms with Gasteiger partial charge in [-0.05, 0) is 31.0 Å². The monoisotopic (exact) mass is 270 g/mol. The van der Waals surface area contributed by atoms with Crippen LogP contribution in [0.25, 0.3) is 0 Å². The van der Waals surface area contributed by atoms with E-state index in [4.69, 9.17) is 10.5 Å². The molecule has 2 rings (SSSR count). The number of benzene rings is 1. The minimum atomic E-state index is -0.647. The number of hydrogen-bond acceptors (Lipinski definition) is 4. The first-order chi connectivity index (χ1) is 9.65. The lowest BCUT2D eigenvalue weighted by Crippen LogP contribution is -2.19. The maximum atomic E-state index is 12.7. The molecule has 1 unspecified atom stereocenters. The van der Waals surface area contributed by atoms with Crippen LogP contribution in [0.15, 0.2) is 42.6 Å². The van der Waals surface area contributed by atoms with Gasteiger partial charge in [0, 0.05) is 12.8 Å². The Balaban J connectivity index is 2.42. The van der Waals surface area contributed by atoms with Crippen LogP contribution < -0.4 is 5.73 Å². The fraction of sp³-hybridized carbons (Fsp3) is 0.250. The third-order valence-electron chi connectivity index (χ3n) is 3.11. The topological polar surface area (TPSA) is 65.2 Å². The van der Waals surface area contributed by atoms with Crippen LogP contribution in [0.3, 0.4) is 0 Å². The average molecular weight is 270 g/mol. The first kappa shape index (κ1) is 14.2. The molecule has 4 nitrogen and oxygen atoms in total. The van der Waals surface area contributed by atoms with Gasteiger partial charge in [-0.15, -0.1) is 0 Å². The number of aromatic nitrogens is 1. The molecule has 0 aliphatic carbocycles. The van der Waals surface area contributed by atoms with Crippen LogP contribution in [-0.2, 0) is 4.74 Å². The molecule has 0 aliphatic rings. The van der Waals surface area contributed by atoms with Gasteiger partial charge in [0.15, 0.2) is 5.78 Å². The lowest BCUT2D eigenvalue weighted by molar-refractivity contribution is 0.0452. The van der Waals surface area contributed by atoms with E-state index in [1.165, 1.54) is 0 Å². The lowest BCUT2D eigenvalue weighted by Gasteiger charge is -2.18. The van der Waals surface area contributed by atoms with Crippen LogP contribution in [0.5, 0.6) is 0 Å². The minimum Gasteiger partial charge on any atom is -0.383 e. The zero-order valence-electron chi connectivity index (χ0n) is 11.7. The number of ether oxygens (including phenoxy) is 1. The van der Waals surface area contributed by atoms with Crippen LogP contribution in [0, 0.1) is 6.92 Å². The number of rotatable bonds is 5. The molecule has 0 bridgehead atoms. The number of nitrogens with zero attached hydrogens (tertiary/aromatic N) is 1. The number of ketones is 1. The van der Waals surface area contributed by atoms with Crippen molar-refractivity contribution in [3.05, 3.63) is 59.3 Å². The van der Waals surface area contributed by atoms with Gasteiger partial charge in [0.2, 0.25) is 0 Å². The van der Waals surface area contributed by atoms with Crippen molar-refractivity contribution in [1.82, 2.24) is 4.98 Å². The number of aryl methyl sites for hydroxylation is 1. The van der Waals surface area contributed by atoms with Crippen LogP contribution in [-0.4, -0.2) is 17.4 Å². The molecule has 0 radical (unpaired) electrons. The Hall–Kier alpha value is -2.20. The molecule has 2 aromatic rings. The van der Waals surface area contributed by atoms with E-state index in [9.17, 15) is 4.79 Å². The van der Waals surface area contributed by atoms with Gasteiger partial charge in [0.25, 0.3) is 0 Å². The maximum absolute atomic E-state index is 12.7. The molecule has 4 heteroatoms. The molecule has 2 N–H and O–H groups in total. The molecule has 1 atom stereocenters. The Bertz CT molecular complexity index is 576. The molecule has 0 amide bonds. The summed E-state index contributed by atoms with van der Waals surface area (Å²) in [6.45, 7) is 4.16. The summed E-state index contributed by atoms with van der Waals surface area (Å²) in [5.41, 5.74) is 7.92. The Morgan fingerprint density at radius 3 is 2.60 bits per heavy atom. The van der Waals surface area contributed by atoms with E-state index < -0.39 is 6.10 Å². The van der Waals surface area contributed by atoms with Gasteiger partial charge >= 0.3 is 0 Å². The molecule has 0 saturated heterocycles. The summed E-state index contributed by atoms with van der Waals surface area (Å²) in [5.74, 6) is 0.0942. The molecule has 0 spiro atoms. The van der Waals surface area contributed by atoms with E-state index in [1.54, 1.807) is 12.3 Å². The van der Waals surface area contributed by atoms with Crippen LogP contribution >= 0.6 is 0 Å². The Morgan fingerprint density at radius 2 is 2.00 bits per heavy atom. The van der Waals surface area contributed by atoms with Gasteiger partial charge < -0.3 is 10.5 Å². The van der Waals surface area contributed by atoms with E-state index in [-0.39, 0.29) is 11.6 Å².